The van der Waals surface area contributed by atoms with Crippen molar-refractivity contribution in [1.82, 2.24) is 24.9 Å². The molecule has 0 spiro atoms. The molecule has 2 saturated heterocycles. The van der Waals surface area contributed by atoms with Gasteiger partial charge < -0.3 is 20.3 Å². The number of piperidine rings is 2. The van der Waals surface area contributed by atoms with Crippen molar-refractivity contribution in [3.63, 3.8) is 0 Å². The zero-order chi connectivity index (χ0) is 29.6. The van der Waals surface area contributed by atoms with Crippen LogP contribution in [0.2, 0.25) is 0 Å². The monoisotopic (exact) mass is 562 g/mol. The van der Waals surface area contributed by atoms with Crippen LogP contribution in [-0.2, 0) is 16.1 Å². The Bertz CT molecular complexity index is 1400. The number of hydrogen-bond acceptors (Lipinski definition) is 7. The number of likely N-dealkylation sites (tertiary alicyclic amines) is 1. The first-order chi connectivity index (χ1) is 19.3. The van der Waals surface area contributed by atoms with Crippen LogP contribution in [0.5, 0.6) is 0 Å². The highest BCUT2D eigenvalue weighted by Gasteiger charge is 2.45. The largest absolute Gasteiger partial charge is 0.444 e. The summed E-state index contributed by atoms with van der Waals surface area (Å²) in [4.78, 5) is 54.7. The number of carbonyl (C=O) groups is 4. The summed E-state index contributed by atoms with van der Waals surface area (Å²) < 4.78 is 7.56. The number of benzene rings is 1. The average Bonchev–Trinajstić information content (AvgIpc) is 3.45. The van der Waals surface area contributed by atoms with Gasteiger partial charge in [-0.1, -0.05) is 12.6 Å². The average molecular weight is 563 g/mol. The zero-order valence-corrected chi connectivity index (χ0v) is 24.3. The number of carbonyl (C=O) groups excluding carboxylic acids is 4. The van der Waals surface area contributed by atoms with Gasteiger partial charge in [0, 0.05) is 41.8 Å². The quantitative estimate of drug-likeness (QED) is 0.522. The molecule has 3 unspecified atom stereocenters. The van der Waals surface area contributed by atoms with Crippen LogP contribution in [-0.4, -0.2) is 67.1 Å². The van der Waals surface area contributed by atoms with Crippen LogP contribution in [0.25, 0.3) is 0 Å². The van der Waals surface area contributed by atoms with Crippen LogP contribution in [0, 0.1) is 0 Å². The molecule has 4 heterocycles. The normalized spacial score (nSPS) is 24.8. The van der Waals surface area contributed by atoms with Gasteiger partial charge >= 0.3 is 6.09 Å². The summed E-state index contributed by atoms with van der Waals surface area (Å²) in [6.07, 6.45) is 5.82. The lowest BCUT2D eigenvalue weighted by molar-refractivity contribution is -0.125. The highest BCUT2D eigenvalue weighted by atomic mass is 16.6. The fraction of sp³-hybridized carbons (Fsp3) is 0.500. The molecule has 3 aliphatic heterocycles. The Morgan fingerprint density at radius 3 is 2.51 bits per heavy atom. The van der Waals surface area contributed by atoms with E-state index in [0.29, 0.717) is 30.8 Å². The maximum atomic E-state index is 13.4. The number of anilines is 1. The van der Waals surface area contributed by atoms with Crippen LogP contribution in [0.15, 0.2) is 42.9 Å². The second kappa shape index (κ2) is 10.7. The van der Waals surface area contributed by atoms with Crippen molar-refractivity contribution in [2.75, 3.05) is 5.32 Å². The Balaban J connectivity index is 1.25. The molecule has 1 aromatic heterocycles. The van der Waals surface area contributed by atoms with E-state index in [0.717, 1.165) is 23.3 Å². The maximum Gasteiger partial charge on any atom is 0.410 e. The van der Waals surface area contributed by atoms with Crippen molar-refractivity contribution in [3.05, 3.63) is 59.6 Å². The van der Waals surface area contributed by atoms with Crippen molar-refractivity contribution >= 4 is 29.5 Å². The molecule has 11 nitrogen and oxygen atoms in total. The number of ether oxygens (including phenoxy) is 1. The predicted octanol–water partition coefficient (Wildman–Crippen LogP) is 4.23. The first-order valence-corrected chi connectivity index (χ1v) is 14.1. The second-order valence-electron chi connectivity index (χ2n) is 12.2. The fourth-order valence-electron chi connectivity index (χ4n) is 6.04. The Morgan fingerprint density at radius 1 is 1.15 bits per heavy atom. The standard InChI is InChI=1S/C30H38N6O5/c1-17-10-11-24(26(37)33-17)36-27(38)22-8-7-9-23(25(22)28(36)39)31-14-20-15-32-34(16-20)21-12-18(2)35(19(3)13-21)29(40)41-30(4,5)6/h7-9,15-16,18-19,21,24,31H,1,10-14H2,2-6H3,(H,33,37). The van der Waals surface area contributed by atoms with Gasteiger partial charge in [0.15, 0.2) is 0 Å². The number of amides is 4. The lowest BCUT2D eigenvalue weighted by Crippen LogP contribution is -2.51. The van der Waals surface area contributed by atoms with Gasteiger partial charge in [-0.2, -0.15) is 5.10 Å². The minimum absolute atomic E-state index is 0.00732. The van der Waals surface area contributed by atoms with Crippen molar-refractivity contribution in [3.8, 4) is 0 Å². The second-order valence-corrected chi connectivity index (χ2v) is 12.2. The van der Waals surface area contributed by atoms with E-state index in [9.17, 15) is 19.2 Å². The molecule has 2 fully saturated rings. The molecule has 3 aliphatic rings. The van der Waals surface area contributed by atoms with Gasteiger partial charge in [0.25, 0.3) is 11.8 Å². The van der Waals surface area contributed by atoms with E-state index in [4.69, 9.17) is 4.74 Å². The molecule has 0 aliphatic carbocycles. The van der Waals surface area contributed by atoms with Crippen molar-refractivity contribution < 1.29 is 23.9 Å². The Kier molecular flexibility index (Phi) is 7.39. The van der Waals surface area contributed by atoms with E-state index in [1.807, 2.05) is 50.4 Å². The molecular weight excluding hydrogens is 524 g/mol. The number of fused-ring (bicyclic) bond motifs is 1. The van der Waals surface area contributed by atoms with Gasteiger partial charge in [-0.05, 0) is 72.4 Å². The Morgan fingerprint density at radius 2 is 1.85 bits per heavy atom. The zero-order valence-electron chi connectivity index (χ0n) is 24.3. The summed E-state index contributed by atoms with van der Waals surface area (Å²) in [5.74, 6) is -1.33. The van der Waals surface area contributed by atoms with E-state index in [1.54, 1.807) is 24.4 Å². The predicted molar refractivity (Wildman–Crippen MR) is 152 cm³/mol. The topological polar surface area (TPSA) is 126 Å². The maximum absolute atomic E-state index is 13.4. The van der Waals surface area contributed by atoms with Crippen LogP contribution < -0.4 is 10.6 Å². The molecule has 2 N–H and O–H groups in total. The molecule has 1 aromatic carbocycles. The molecule has 0 bridgehead atoms. The van der Waals surface area contributed by atoms with Crippen LogP contribution >= 0.6 is 0 Å². The third kappa shape index (κ3) is 5.57. The molecule has 218 valence electrons. The highest BCUT2D eigenvalue weighted by molar-refractivity contribution is 6.25. The molecule has 4 amide bonds. The lowest BCUT2D eigenvalue weighted by atomic mass is 9.93. The van der Waals surface area contributed by atoms with Gasteiger partial charge in [0.2, 0.25) is 5.91 Å². The molecule has 41 heavy (non-hydrogen) atoms. The lowest BCUT2D eigenvalue weighted by Gasteiger charge is -2.42. The van der Waals surface area contributed by atoms with Crippen LogP contribution in [0.3, 0.4) is 0 Å². The molecular formula is C30H38N6O5. The first-order valence-electron chi connectivity index (χ1n) is 14.1. The number of allylic oxidation sites excluding steroid dienone is 1. The first kappa shape index (κ1) is 28.4. The van der Waals surface area contributed by atoms with E-state index in [-0.39, 0.29) is 35.3 Å². The molecule has 11 heteroatoms. The molecule has 2 aromatic rings. The molecule has 0 radical (unpaired) electrons. The Hall–Kier alpha value is -4.15. The van der Waals surface area contributed by atoms with Crippen LogP contribution in [0.4, 0.5) is 10.5 Å². The summed E-state index contributed by atoms with van der Waals surface area (Å²) in [6, 6.07) is 4.35. The van der Waals surface area contributed by atoms with Gasteiger partial charge in [0.1, 0.15) is 11.6 Å². The summed E-state index contributed by atoms with van der Waals surface area (Å²) in [7, 11) is 0. The summed E-state index contributed by atoms with van der Waals surface area (Å²) in [5, 5.41) is 10.5. The van der Waals surface area contributed by atoms with Gasteiger partial charge in [-0.15, -0.1) is 0 Å². The summed E-state index contributed by atoms with van der Waals surface area (Å²) >= 11 is 0. The molecule has 5 rings (SSSR count). The number of rotatable bonds is 5. The number of hydrogen-bond donors (Lipinski definition) is 2. The number of nitrogens with one attached hydrogen (secondary N) is 2. The minimum Gasteiger partial charge on any atom is -0.444 e. The fourth-order valence-corrected chi connectivity index (χ4v) is 6.04. The number of aromatic nitrogens is 2. The van der Waals surface area contributed by atoms with Gasteiger partial charge in [-0.3, -0.25) is 24.0 Å². The van der Waals surface area contributed by atoms with Crippen molar-refractivity contribution in [2.24, 2.45) is 0 Å². The van der Waals surface area contributed by atoms with Crippen molar-refractivity contribution in [2.45, 2.75) is 96.6 Å². The Labute approximate surface area is 239 Å². The van der Waals surface area contributed by atoms with Crippen molar-refractivity contribution in [1.29, 1.82) is 0 Å². The third-order valence-electron chi connectivity index (χ3n) is 7.87. The van der Waals surface area contributed by atoms with Gasteiger partial charge in [-0.25, -0.2) is 4.79 Å². The smallest absolute Gasteiger partial charge is 0.410 e. The van der Waals surface area contributed by atoms with E-state index in [2.05, 4.69) is 22.3 Å². The molecule has 0 saturated carbocycles. The van der Waals surface area contributed by atoms with E-state index in [1.165, 1.54) is 0 Å². The third-order valence-corrected chi connectivity index (χ3v) is 7.87. The molecule has 3 atom stereocenters. The van der Waals surface area contributed by atoms with Crippen LogP contribution in [0.1, 0.15) is 92.6 Å². The van der Waals surface area contributed by atoms with Gasteiger partial charge in [0.05, 0.1) is 23.4 Å². The van der Waals surface area contributed by atoms with E-state index >= 15 is 0 Å². The summed E-state index contributed by atoms with van der Waals surface area (Å²) in [6.45, 7) is 13.8. The number of imide groups is 1. The minimum atomic E-state index is -0.856. The van der Waals surface area contributed by atoms with E-state index < -0.39 is 29.4 Å². The highest BCUT2D eigenvalue weighted by Crippen LogP contribution is 2.34. The SMILES string of the molecule is C=C1CCC(N2C(=O)c3cccc(NCc4cnn(C5CC(C)N(C(=O)OC(C)(C)C)C(C)C5)c4)c3C2=O)C(=O)N1. The summed E-state index contributed by atoms with van der Waals surface area (Å²) in [5.41, 5.74) is 2.04. The number of nitrogens with zero attached hydrogens (tertiary/aromatic N) is 4.